The molecule has 0 aromatic rings. The van der Waals surface area contributed by atoms with Crippen molar-refractivity contribution in [2.75, 3.05) is 13.9 Å². The molecule has 9 nitrogen and oxygen atoms in total. The fourth-order valence-corrected chi connectivity index (χ4v) is 1.85. The normalized spacial score (nSPS) is 14.9. The Morgan fingerprint density at radius 2 is 1.69 bits per heavy atom. The van der Waals surface area contributed by atoms with Gasteiger partial charge in [-0.2, -0.15) is 0 Å². The van der Waals surface area contributed by atoms with Crippen molar-refractivity contribution in [3.8, 4) is 0 Å². The molecule has 0 aliphatic carbocycles. The Balaban J connectivity index is 4.46. The number of hydrogen-bond donors (Lipinski definition) is 2. The van der Waals surface area contributed by atoms with Crippen molar-refractivity contribution in [2.45, 2.75) is 51.4 Å². The average molecular weight is 374 g/mol. The first kappa shape index (κ1) is 23.6. The molecule has 0 spiro atoms. The molecule has 0 radical (unpaired) electrons. The van der Waals surface area contributed by atoms with Crippen LogP contribution in [0.15, 0.2) is 24.3 Å². The van der Waals surface area contributed by atoms with Crippen LogP contribution in [0.25, 0.3) is 0 Å². The molecule has 0 saturated heterocycles. The van der Waals surface area contributed by atoms with Gasteiger partial charge in [0.2, 0.25) is 0 Å². The zero-order valence-electron chi connectivity index (χ0n) is 15.1. The van der Waals surface area contributed by atoms with Crippen molar-refractivity contribution in [2.24, 2.45) is 0 Å². The molecule has 0 aromatic heterocycles. The van der Waals surface area contributed by atoms with E-state index < -0.39 is 36.4 Å². The molecule has 148 valence electrons. The number of ether oxygens (including phenoxy) is 4. The van der Waals surface area contributed by atoms with Gasteiger partial charge in [-0.1, -0.05) is 6.08 Å². The largest absolute Gasteiger partial charge is 0.506 e. The van der Waals surface area contributed by atoms with Crippen LogP contribution in [0.3, 0.4) is 0 Å². The Labute approximate surface area is 152 Å². The molecule has 0 amide bonds. The van der Waals surface area contributed by atoms with Crippen LogP contribution in [0.5, 0.6) is 0 Å². The molecule has 0 aliphatic rings. The highest BCUT2D eigenvalue weighted by Crippen LogP contribution is 2.10. The first-order valence-corrected chi connectivity index (χ1v) is 8.03. The Morgan fingerprint density at radius 1 is 1.00 bits per heavy atom. The Hall–Kier alpha value is -2.39. The summed E-state index contributed by atoms with van der Waals surface area (Å²) in [7, 11) is 1.46. The minimum atomic E-state index is -1.35. The van der Waals surface area contributed by atoms with Crippen molar-refractivity contribution in [1.82, 2.24) is 0 Å². The van der Waals surface area contributed by atoms with Crippen LogP contribution in [0.1, 0.15) is 33.1 Å². The van der Waals surface area contributed by atoms with E-state index in [1.54, 1.807) is 13.8 Å². The molecule has 0 aromatic carbocycles. The number of carbonyl (C=O) groups is 3. The second-order valence-electron chi connectivity index (χ2n) is 5.47. The lowest BCUT2D eigenvalue weighted by atomic mass is 10.1. The Kier molecular flexibility index (Phi) is 12.6. The van der Waals surface area contributed by atoms with Gasteiger partial charge in [0, 0.05) is 25.7 Å². The Morgan fingerprint density at radius 3 is 2.27 bits per heavy atom. The molecule has 0 aliphatic heterocycles. The molecular formula is C17H26O9. The van der Waals surface area contributed by atoms with Gasteiger partial charge in [-0.3, -0.25) is 0 Å². The third-order valence-corrected chi connectivity index (χ3v) is 3.05. The summed E-state index contributed by atoms with van der Waals surface area (Å²) < 4.78 is 19.9. The fraction of sp³-hybridized carbons (Fsp3) is 0.588. The first-order chi connectivity index (χ1) is 12.2. The van der Waals surface area contributed by atoms with E-state index in [0.29, 0.717) is 12.8 Å². The van der Waals surface area contributed by atoms with Gasteiger partial charge in [0.15, 0.2) is 0 Å². The van der Waals surface area contributed by atoms with Crippen LogP contribution in [0.4, 0.5) is 4.79 Å². The second kappa shape index (κ2) is 13.9. The van der Waals surface area contributed by atoms with Gasteiger partial charge in [-0.15, -0.1) is 0 Å². The molecule has 26 heavy (non-hydrogen) atoms. The maximum atomic E-state index is 11.8. The zero-order chi connectivity index (χ0) is 19.9. The quantitative estimate of drug-likeness (QED) is 0.283. The molecule has 0 unspecified atom stereocenters. The summed E-state index contributed by atoms with van der Waals surface area (Å²) >= 11 is 0. The van der Waals surface area contributed by atoms with E-state index in [9.17, 15) is 14.4 Å². The fourth-order valence-electron chi connectivity index (χ4n) is 1.85. The van der Waals surface area contributed by atoms with Gasteiger partial charge in [0.1, 0.15) is 19.0 Å². The predicted octanol–water partition coefficient (Wildman–Crippen LogP) is 2.36. The number of carboxylic acid groups (broad SMARTS) is 2. The summed E-state index contributed by atoms with van der Waals surface area (Å²) in [5.74, 6) is -1.66. The lowest BCUT2D eigenvalue weighted by molar-refractivity contribution is -0.142. The maximum absolute atomic E-state index is 11.8. The van der Waals surface area contributed by atoms with E-state index >= 15 is 0 Å². The Bertz CT molecular complexity index is 498. The van der Waals surface area contributed by atoms with Crippen molar-refractivity contribution >= 4 is 18.1 Å². The van der Waals surface area contributed by atoms with Crippen molar-refractivity contribution in [3.05, 3.63) is 24.3 Å². The number of methoxy groups -OCH3 is 1. The van der Waals surface area contributed by atoms with Crippen LogP contribution in [-0.4, -0.2) is 60.5 Å². The minimum Gasteiger partial charge on any atom is -0.478 e. The van der Waals surface area contributed by atoms with Crippen LogP contribution in [0.2, 0.25) is 0 Å². The van der Waals surface area contributed by atoms with Crippen molar-refractivity contribution in [3.63, 3.8) is 0 Å². The molecule has 0 saturated carbocycles. The van der Waals surface area contributed by atoms with Crippen LogP contribution < -0.4 is 0 Å². The van der Waals surface area contributed by atoms with Gasteiger partial charge < -0.3 is 29.2 Å². The van der Waals surface area contributed by atoms with Gasteiger partial charge in [-0.05, 0) is 32.8 Å². The van der Waals surface area contributed by atoms with E-state index in [1.807, 2.05) is 0 Å². The number of carboxylic acids is 1. The molecule has 0 fully saturated rings. The van der Waals surface area contributed by atoms with Gasteiger partial charge >= 0.3 is 18.1 Å². The third kappa shape index (κ3) is 14.0. The van der Waals surface area contributed by atoms with E-state index in [2.05, 4.69) is 4.74 Å². The highest BCUT2D eigenvalue weighted by molar-refractivity contribution is 5.82. The highest BCUT2D eigenvalue weighted by Gasteiger charge is 2.13. The number of esters is 1. The summed E-state index contributed by atoms with van der Waals surface area (Å²) in [6.07, 6.45) is 3.35. The monoisotopic (exact) mass is 374 g/mol. The smallest absolute Gasteiger partial charge is 0.478 e. The summed E-state index contributed by atoms with van der Waals surface area (Å²) in [6.45, 7) is 3.27. The van der Waals surface area contributed by atoms with E-state index in [1.165, 1.54) is 25.3 Å². The predicted molar refractivity (Wildman–Crippen MR) is 90.6 cm³/mol. The van der Waals surface area contributed by atoms with Gasteiger partial charge in [0.25, 0.3) is 0 Å². The SMILES string of the molecule is COCO[C@@H](/C=C/C(=O)O[C@H](C)C/C=C/C(=O)O)CC[C@H](C)OC(=O)O. The van der Waals surface area contributed by atoms with Crippen LogP contribution >= 0.6 is 0 Å². The van der Waals surface area contributed by atoms with Crippen LogP contribution in [-0.2, 0) is 28.5 Å². The molecule has 3 atom stereocenters. The minimum absolute atomic E-state index is 0.00854. The molecule has 0 bridgehead atoms. The molecule has 0 heterocycles. The number of carbonyl (C=O) groups excluding carboxylic acids is 1. The third-order valence-electron chi connectivity index (χ3n) is 3.05. The maximum Gasteiger partial charge on any atom is 0.506 e. The lowest BCUT2D eigenvalue weighted by Gasteiger charge is -2.16. The van der Waals surface area contributed by atoms with E-state index in [-0.39, 0.29) is 13.2 Å². The first-order valence-electron chi connectivity index (χ1n) is 8.03. The summed E-state index contributed by atoms with van der Waals surface area (Å²) in [4.78, 5) is 32.6. The number of rotatable bonds is 13. The summed E-state index contributed by atoms with van der Waals surface area (Å²) in [5.41, 5.74) is 0. The van der Waals surface area contributed by atoms with Gasteiger partial charge in [-0.25, -0.2) is 14.4 Å². The topological polar surface area (TPSA) is 129 Å². The van der Waals surface area contributed by atoms with E-state index in [0.717, 1.165) is 6.08 Å². The molecule has 2 N–H and O–H groups in total. The number of hydrogen-bond acceptors (Lipinski definition) is 7. The highest BCUT2D eigenvalue weighted by atomic mass is 16.7. The zero-order valence-corrected chi connectivity index (χ0v) is 15.1. The van der Waals surface area contributed by atoms with Crippen molar-refractivity contribution < 1.29 is 43.5 Å². The molecule has 0 rings (SSSR count). The number of aliphatic carboxylic acids is 1. The molecular weight excluding hydrogens is 348 g/mol. The second-order valence-corrected chi connectivity index (χ2v) is 5.47. The standard InChI is InChI=1S/C17H26O9/c1-12(5-4-6-15(18)19)25-16(20)10-9-14(24-11-23-3)8-7-13(2)26-17(21)22/h4,6,9-10,12-14H,5,7-8,11H2,1-3H3,(H,18,19)(H,21,22)/b6-4+,10-9+/t12-,13+,14-/m1/s1. The van der Waals surface area contributed by atoms with Crippen molar-refractivity contribution in [1.29, 1.82) is 0 Å². The van der Waals surface area contributed by atoms with Crippen LogP contribution in [0, 0.1) is 0 Å². The van der Waals surface area contributed by atoms with Gasteiger partial charge in [0.05, 0.1) is 6.10 Å². The average Bonchev–Trinajstić information content (AvgIpc) is 2.53. The molecule has 9 heteroatoms. The lowest BCUT2D eigenvalue weighted by Crippen LogP contribution is -2.19. The van der Waals surface area contributed by atoms with E-state index in [4.69, 9.17) is 24.4 Å². The summed E-state index contributed by atoms with van der Waals surface area (Å²) in [6, 6.07) is 0. The summed E-state index contributed by atoms with van der Waals surface area (Å²) in [5, 5.41) is 17.0.